The van der Waals surface area contributed by atoms with Gasteiger partial charge in [-0.15, -0.1) is 13.2 Å². The van der Waals surface area contributed by atoms with Gasteiger partial charge in [-0.3, -0.25) is 4.79 Å². The topological polar surface area (TPSA) is 34.1 Å². The number of Topliss-reactive ketones (excluding diaryl/α,β-unsaturated/α-hetero) is 1. The van der Waals surface area contributed by atoms with E-state index in [0.29, 0.717) is 12.2 Å². The molecule has 2 heteroatoms. The summed E-state index contributed by atoms with van der Waals surface area (Å²) in [4.78, 5) is 22.0. The Hall–Kier alpha value is -2.74. The van der Waals surface area contributed by atoms with Crippen LogP contribution in [-0.4, -0.2) is 11.6 Å². The Morgan fingerprint density at radius 1 is 0.844 bits per heavy atom. The van der Waals surface area contributed by atoms with Crippen molar-refractivity contribution in [2.75, 3.05) is 0 Å². The molecule has 0 amide bonds. The number of rotatable bonds is 10. The Morgan fingerprint density at radius 2 is 1.31 bits per heavy atom. The van der Waals surface area contributed by atoms with Crippen LogP contribution in [0.15, 0.2) is 85.5 Å². The smallest absolute Gasteiger partial charge is 0.152 e. The molecule has 0 bridgehead atoms. The van der Waals surface area contributed by atoms with Gasteiger partial charge in [-0.25, -0.2) is 0 Å². The summed E-state index contributed by atoms with van der Waals surface area (Å²) in [6.45, 7) is 15.7. The number of ketones is 2. The molecule has 0 radical (unpaired) electrons. The molecular weight excluding hydrogens is 392 g/mol. The third-order valence-corrected chi connectivity index (χ3v) is 5.49. The molecule has 32 heavy (non-hydrogen) atoms. The van der Waals surface area contributed by atoms with Gasteiger partial charge < -0.3 is 4.79 Å². The molecule has 1 atom stereocenters. The monoisotopic (exact) mass is 434 g/mol. The highest BCUT2D eigenvalue weighted by atomic mass is 16.1. The largest absolute Gasteiger partial charge is 0.300 e. The van der Waals surface area contributed by atoms with Crippen molar-refractivity contribution in [3.8, 4) is 0 Å². The molecule has 0 aliphatic rings. The van der Waals surface area contributed by atoms with Crippen molar-refractivity contribution in [2.24, 2.45) is 5.41 Å². The lowest BCUT2D eigenvalue weighted by Gasteiger charge is -2.27. The van der Waals surface area contributed by atoms with Crippen molar-refractivity contribution in [2.45, 2.75) is 73.1 Å². The summed E-state index contributed by atoms with van der Waals surface area (Å²) in [6.07, 6.45) is 7.62. The normalized spacial score (nSPS) is 12.3. The molecule has 0 heterocycles. The highest BCUT2D eigenvalue weighted by Crippen LogP contribution is 2.31. The van der Waals surface area contributed by atoms with Crippen LogP contribution >= 0.6 is 0 Å². The molecule has 0 saturated carbocycles. The lowest BCUT2D eigenvalue weighted by atomic mass is 9.78. The Kier molecular flexibility index (Phi) is 15.4. The van der Waals surface area contributed by atoms with Crippen LogP contribution in [0.1, 0.15) is 71.4 Å². The number of allylic oxidation sites excluding steroid dienone is 2. The molecule has 0 N–H and O–H groups in total. The van der Waals surface area contributed by atoms with E-state index in [0.717, 1.165) is 37.7 Å². The number of hydrogen-bond donors (Lipinski definition) is 0. The van der Waals surface area contributed by atoms with Gasteiger partial charge in [-0.2, -0.15) is 0 Å². The molecule has 0 aromatic heterocycles. The first-order chi connectivity index (χ1) is 15.2. The molecule has 2 rings (SSSR count). The van der Waals surface area contributed by atoms with Gasteiger partial charge in [0.05, 0.1) is 0 Å². The zero-order valence-electron chi connectivity index (χ0n) is 20.8. The first-order valence-corrected chi connectivity index (χ1v) is 11.5. The van der Waals surface area contributed by atoms with Crippen LogP contribution in [0.5, 0.6) is 0 Å². The van der Waals surface area contributed by atoms with Gasteiger partial charge in [-0.05, 0) is 69.1 Å². The summed E-state index contributed by atoms with van der Waals surface area (Å²) in [5.74, 6) is 0.438. The second kappa shape index (κ2) is 16.9. The number of carbonyl (C=O) groups excluding carboxylic acids is 2. The van der Waals surface area contributed by atoms with Crippen molar-refractivity contribution in [3.05, 3.63) is 96.6 Å². The van der Waals surface area contributed by atoms with Crippen LogP contribution in [0.2, 0.25) is 0 Å². The molecule has 2 aromatic carbocycles. The van der Waals surface area contributed by atoms with Gasteiger partial charge >= 0.3 is 0 Å². The van der Waals surface area contributed by atoms with Gasteiger partial charge in [0.2, 0.25) is 0 Å². The van der Waals surface area contributed by atoms with E-state index < -0.39 is 0 Å². The minimum atomic E-state index is 0.135. The molecular formula is C30H42O2. The zero-order chi connectivity index (χ0) is 24.4. The maximum atomic E-state index is 11.2. The maximum Gasteiger partial charge on any atom is 0.152 e. The first kappa shape index (κ1) is 29.3. The predicted octanol–water partition coefficient (Wildman–Crippen LogP) is 7.97. The van der Waals surface area contributed by atoms with Crippen molar-refractivity contribution >= 4 is 11.6 Å². The van der Waals surface area contributed by atoms with Gasteiger partial charge in [-0.1, -0.05) is 86.5 Å². The molecule has 2 nitrogen and oxygen atoms in total. The van der Waals surface area contributed by atoms with Crippen LogP contribution in [0.4, 0.5) is 0 Å². The summed E-state index contributed by atoms with van der Waals surface area (Å²) < 4.78 is 0. The summed E-state index contributed by atoms with van der Waals surface area (Å²) in [5, 5.41) is 0. The Labute approximate surface area is 196 Å². The molecule has 0 unspecified atom stereocenters. The Balaban J connectivity index is 0.000000561. The van der Waals surface area contributed by atoms with E-state index in [4.69, 9.17) is 0 Å². The second-order valence-corrected chi connectivity index (χ2v) is 8.62. The van der Waals surface area contributed by atoms with Crippen molar-refractivity contribution in [1.29, 1.82) is 0 Å². The van der Waals surface area contributed by atoms with Crippen LogP contribution in [0, 0.1) is 5.41 Å². The number of aryl methyl sites for hydroxylation is 2. The standard InChI is InChI=1S/C15H22O.C13H16O.C2H4/c1-4-15(3,12-13(2)16)11-10-14-8-6-5-7-9-14;1-11(10-12(2)14)8-9-13-6-4-3-5-7-13;1-2/h5-9H,4,10-12H2,1-3H3;3-7,10H,8-9H2,1-2H3;1-2H2/b;11-10+;/t15-;;/m1../s1. The van der Waals surface area contributed by atoms with Gasteiger partial charge in [0.15, 0.2) is 5.78 Å². The molecule has 0 spiro atoms. The molecule has 174 valence electrons. The van der Waals surface area contributed by atoms with Crippen molar-refractivity contribution in [1.82, 2.24) is 0 Å². The predicted molar refractivity (Wildman–Crippen MR) is 139 cm³/mol. The second-order valence-electron chi connectivity index (χ2n) is 8.62. The van der Waals surface area contributed by atoms with Crippen LogP contribution < -0.4 is 0 Å². The fraction of sp³-hybridized carbons (Fsp3) is 0.400. The van der Waals surface area contributed by atoms with E-state index in [2.05, 4.69) is 63.4 Å². The van der Waals surface area contributed by atoms with Crippen molar-refractivity contribution < 1.29 is 9.59 Å². The number of benzene rings is 2. The lowest BCUT2D eigenvalue weighted by Crippen LogP contribution is -2.19. The lowest BCUT2D eigenvalue weighted by molar-refractivity contribution is -0.119. The van der Waals surface area contributed by atoms with E-state index in [1.807, 2.05) is 31.2 Å². The minimum absolute atomic E-state index is 0.135. The SMILES string of the molecule is C=C.CC(=O)/C=C(\C)CCc1ccccc1.CC[C@](C)(CCc1ccccc1)CC(C)=O. The van der Waals surface area contributed by atoms with E-state index in [1.54, 1.807) is 19.9 Å². The van der Waals surface area contributed by atoms with Gasteiger partial charge in [0, 0.05) is 6.42 Å². The van der Waals surface area contributed by atoms with E-state index in [9.17, 15) is 9.59 Å². The first-order valence-electron chi connectivity index (χ1n) is 11.5. The summed E-state index contributed by atoms with van der Waals surface area (Å²) in [6, 6.07) is 20.8. The van der Waals surface area contributed by atoms with Crippen LogP contribution in [-0.2, 0) is 22.4 Å². The summed E-state index contributed by atoms with van der Waals surface area (Å²) >= 11 is 0. The molecule has 0 aliphatic heterocycles. The zero-order valence-corrected chi connectivity index (χ0v) is 20.8. The van der Waals surface area contributed by atoms with Crippen LogP contribution in [0.3, 0.4) is 0 Å². The quantitative estimate of drug-likeness (QED) is 0.281. The Morgan fingerprint density at radius 3 is 1.72 bits per heavy atom. The third kappa shape index (κ3) is 14.3. The average Bonchev–Trinajstić information content (AvgIpc) is 2.79. The Bertz CT molecular complexity index is 805. The van der Waals surface area contributed by atoms with Crippen LogP contribution in [0.25, 0.3) is 0 Å². The van der Waals surface area contributed by atoms with Crippen molar-refractivity contribution in [3.63, 3.8) is 0 Å². The molecule has 0 saturated heterocycles. The van der Waals surface area contributed by atoms with Gasteiger partial charge in [0.25, 0.3) is 0 Å². The number of hydrogen-bond acceptors (Lipinski definition) is 2. The minimum Gasteiger partial charge on any atom is -0.300 e. The highest BCUT2D eigenvalue weighted by molar-refractivity contribution is 5.87. The number of carbonyl (C=O) groups is 2. The summed E-state index contributed by atoms with van der Waals surface area (Å²) in [7, 11) is 0. The fourth-order valence-corrected chi connectivity index (χ4v) is 3.49. The fourth-order valence-electron chi connectivity index (χ4n) is 3.49. The molecule has 0 aliphatic carbocycles. The van der Waals surface area contributed by atoms with E-state index >= 15 is 0 Å². The summed E-state index contributed by atoms with van der Waals surface area (Å²) in [5.41, 5.74) is 4.01. The highest BCUT2D eigenvalue weighted by Gasteiger charge is 2.23. The maximum absolute atomic E-state index is 11.2. The van der Waals surface area contributed by atoms with E-state index in [-0.39, 0.29) is 11.2 Å². The molecule has 2 aromatic rings. The molecule has 0 fully saturated rings. The van der Waals surface area contributed by atoms with E-state index in [1.165, 1.54) is 11.1 Å². The average molecular weight is 435 g/mol. The van der Waals surface area contributed by atoms with Gasteiger partial charge in [0.1, 0.15) is 5.78 Å². The third-order valence-electron chi connectivity index (χ3n) is 5.49.